The van der Waals surface area contributed by atoms with Gasteiger partial charge in [0, 0.05) is 38.3 Å². The number of rotatable bonds is 5. The van der Waals surface area contributed by atoms with Gasteiger partial charge in [0.05, 0.1) is 0 Å². The summed E-state index contributed by atoms with van der Waals surface area (Å²) in [6.07, 6.45) is 0.400. The van der Waals surface area contributed by atoms with E-state index < -0.39 is 5.60 Å². The highest BCUT2D eigenvalue weighted by molar-refractivity contribution is 5.76. The van der Waals surface area contributed by atoms with E-state index in [2.05, 4.69) is 4.90 Å². The van der Waals surface area contributed by atoms with Crippen molar-refractivity contribution in [2.45, 2.75) is 40.2 Å². The molecule has 1 aliphatic heterocycles. The molecule has 0 aliphatic carbocycles. The SMILES string of the molecule is CC.CC(C)(C)OC(=O)N1CCN(CCOc2ccc(C=O)cc2O)CC1. The van der Waals surface area contributed by atoms with Crippen LogP contribution in [0, 0.1) is 0 Å². The molecule has 0 bridgehead atoms. The first-order valence-electron chi connectivity index (χ1n) is 9.40. The Morgan fingerprint density at radius 3 is 2.33 bits per heavy atom. The van der Waals surface area contributed by atoms with Gasteiger partial charge in [-0.15, -0.1) is 0 Å². The van der Waals surface area contributed by atoms with Crippen LogP contribution in [0.25, 0.3) is 0 Å². The van der Waals surface area contributed by atoms with Crippen LogP contribution in [-0.2, 0) is 4.74 Å². The van der Waals surface area contributed by atoms with Crippen molar-refractivity contribution < 1.29 is 24.2 Å². The van der Waals surface area contributed by atoms with E-state index in [-0.39, 0.29) is 11.8 Å². The van der Waals surface area contributed by atoms with Crippen LogP contribution in [0.2, 0.25) is 0 Å². The minimum absolute atomic E-state index is 0.0423. The Hall–Kier alpha value is -2.28. The Bertz CT molecular complexity index is 605. The van der Waals surface area contributed by atoms with Gasteiger partial charge in [-0.05, 0) is 39.0 Å². The van der Waals surface area contributed by atoms with Gasteiger partial charge in [0.25, 0.3) is 0 Å². The zero-order valence-electron chi connectivity index (χ0n) is 17.0. The molecule has 1 saturated heterocycles. The number of benzene rings is 1. The average Bonchev–Trinajstić information content (AvgIpc) is 2.63. The maximum Gasteiger partial charge on any atom is 0.410 e. The van der Waals surface area contributed by atoms with Crippen LogP contribution in [0.5, 0.6) is 11.5 Å². The normalized spacial score (nSPS) is 14.8. The van der Waals surface area contributed by atoms with Gasteiger partial charge < -0.3 is 19.5 Å². The highest BCUT2D eigenvalue weighted by Crippen LogP contribution is 2.26. The summed E-state index contributed by atoms with van der Waals surface area (Å²) in [5.41, 5.74) is -0.0770. The summed E-state index contributed by atoms with van der Waals surface area (Å²) >= 11 is 0. The fraction of sp³-hybridized carbons (Fsp3) is 0.600. The van der Waals surface area contributed by atoms with Crippen LogP contribution in [-0.4, -0.2) is 72.2 Å². The molecule has 0 radical (unpaired) electrons. The Morgan fingerprint density at radius 1 is 1.19 bits per heavy atom. The van der Waals surface area contributed by atoms with Crippen molar-refractivity contribution in [3.05, 3.63) is 23.8 Å². The van der Waals surface area contributed by atoms with Crippen LogP contribution < -0.4 is 4.74 Å². The lowest BCUT2D eigenvalue weighted by Crippen LogP contribution is -2.50. The Labute approximate surface area is 161 Å². The summed E-state index contributed by atoms with van der Waals surface area (Å²) < 4.78 is 10.9. The lowest BCUT2D eigenvalue weighted by atomic mass is 10.2. The van der Waals surface area contributed by atoms with E-state index in [4.69, 9.17) is 9.47 Å². The standard InChI is InChI=1S/C18H26N2O5.C2H6/c1-18(2,3)25-17(23)20-8-6-19(7-9-20)10-11-24-16-5-4-14(13-21)12-15(16)22;1-2/h4-5,12-13,22H,6-11H2,1-3H3;1-2H3. The van der Waals surface area contributed by atoms with E-state index in [1.165, 1.54) is 6.07 Å². The Balaban J connectivity index is 0.00000176. The summed E-state index contributed by atoms with van der Waals surface area (Å²) in [4.78, 5) is 26.6. The zero-order chi connectivity index (χ0) is 20.4. The summed E-state index contributed by atoms with van der Waals surface area (Å²) in [6.45, 7) is 13.4. The third-order valence-corrected chi connectivity index (χ3v) is 3.81. The van der Waals surface area contributed by atoms with Gasteiger partial charge in [-0.1, -0.05) is 13.8 Å². The van der Waals surface area contributed by atoms with Gasteiger partial charge in [-0.2, -0.15) is 0 Å². The van der Waals surface area contributed by atoms with Crippen LogP contribution in [0.15, 0.2) is 18.2 Å². The number of aromatic hydroxyl groups is 1. The van der Waals surface area contributed by atoms with Crippen LogP contribution in [0.3, 0.4) is 0 Å². The molecule has 2 rings (SSSR count). The summed E-state index contributed by atoms with van der Waals surface area (Å²) in [7, 11) is 0. The smallest absolute Gasteiger partial charge is 0.410 e. The molecule has 1 fully saturated rings. The third kappa shape index (κ3) is 7.86. The third-order valence-electron chi connectivity index (χ3n) is 3.81. The number of aldehydes is 1. The van der Waals surface area contributed by atoms with E-state index >= 15 is 0 Å². The van der Waals surface area contributed by atoms with E-state index in [1.807, 2.05) is 34.6 Å². The number of hydrogen-bond acceptors (Lipinski definition) is 6. The first-order chi connectivity index (χ1) is 12.8. The number of carbonyl (C=O) groups is 2. The van der Waals surface area contributed by atoms with E-state index in [1.54, 1.807) is 17.0 Å². The molecule has 0 spiro atoms. The molecule has 0 unspecified atom stereocenters. The number of hydrogen-bond donors (Lipinski definition) is 1. The molecule has 1 aromatic carbocycles. The fourth-order valence-electron chi connectivity index (χ4n) is 2.49. The predicted molar refractivity (Wildman–Crippen MR) is 105 cm³/mol. The molecular formula is C20H32N2O5. The van der Waals surface area contributed by atoms with Crippen molar-refractivity contribution in [1.82, 2.24) is 9.80 Å². The average molecular weight is 380 g/mol. The molecule has 1 aromatic rings. The number of phenolic OH excluding ortho intramolecular Hbond substituents is 1. The van der Waals surface area contributed by atoms with Crippen molar-refractivity contribution in [3.8, 4) is 11.5 Å². The molecule has 7 nitrogen and oxygen atoms in total. The number of amides is 1. The Kier molecular flexibility index (Phi) is 9.08. The van der Waals surface area contributed by atoms with E-state index in [0.717, 1.165) is 13.1 Å². The number of ether oxygens (including phenoxy) is 2. The van der Waals surface area contributed by atoms with Gasteiger partial charge in [0.1, 0.15) is 18.5 Å². The maximum absolute atomic E-state index is 12.0. The maximum atomic E-state index is 12.0. The van der Waals surface area contributed by atoms with Gasteiger partial charge in [-0.25, -0.2) is 4.79 Å². The molecule has 1 heterocycles. The molecule has 0 atom stereocenters. The molecule has 0 saturated carbocycles. The van der Waals surface area contributed by atoms with Crippen molar-refractivity contribution in [2.75, 3.05) is 39.3 Å². The van der Waals surface area contributed by atoms with Gasteiger partial charge in [0.2, 0.25) is 0 Å². The summed E-state index contributed by atoms with van der Waals surface area (Å²) in [5.74, 6) is 0.317. The highest BCUT2D eigenvalue weighted by Gasteiger charge is 2.25. The highest BCUT2D eigenvalue weighted by atomic mass is 16.6. The topological polar surface area (TPSA) is 79.3 Å². The molecular weight excluding hydrogens is 348 g/mol. The Morgan fingerprint density at radius 2 is 1.81 bits per heavy atom. The molecule has 152 valence electrons. The first-order valence-corrected chi connectivity index (χ1v) is 9.40. The summed E-state index contributed by atoms with van der Waals surface area (Å²) in [5, 5.41) is 9.79. The second-order valence-electron chi connectivity index (χ2n) is 7.00. The fourth-order valence-corrected chi connectivity index (χ4v) is 2.49. The lowest BCUT2D eigenvalue weighted by molar-refractivity contribution is 0.0136. The van der Waals surface area contributed by atoms with E-state index in [0.29, 0.717) is 43.8 Å². The number of phenols is 1. The molecule has 27 heavy (non-hydrogen) atoms. The largest absolute Gasteiger partial charge is 0.504 e. The van der Waals surface area contributed by atoms with Gasteiger partial charge in [0.15, 0.2) is 11.5 Å². The van der Waals surface area contributed by atoms with Gasteiger partial charge >= 0.3 is 6.09 Å². The van der Waals surface area contributed by atoms with Crippen molar-refractivity contribution >= 4 is 12.4 Å². The molecule has 1 N–H and O–H groups in total. The van der Waals surface area contributed by atoms with Crippen molar-refractivity contribution in [3.63, 3.8) is 0 Å². The molecule has 1 aliphatic rings. The first kappa shape index (κ1) is 22.8. The van der Waals surface area contributed by atoms with Crippen LogP contribution in [0.1, 0.15) is 45.0 Å². The molecule has 1 amide bonds. The predicted octanol–water partition coefficient (Wildman–Crippen LogP) is 3.16. The minimum Gasteiger partial charge on any atom is -0.504 e. The van der Waals surface area contributed by atoms with Crippen molar-refractivity contribution in [2.24, 2.45) is 0 Å². The molecule has 7 heteroatoms. The monoisotopic (exact) mass is 380 g/mol. The second kappa shape index (κ2) is 10.8. The lowest BCUT2D eigenvalue weighted by Gasteiger charge is -2.35. The number of piperazine rings is 1. The zero-order valence-corrected chi connectivity index (χ0v) is 17.0. The molecule has 0 aromatic heterocycles. The quantitative estimate of drug-likeness (QED) is 0.791. The van der Waals surface area contributed by atoms with E-state index in [9.17, 15) is 14.7 Å². The minimum atomic E-state index is -0.483. The number of nitrogens with zero attached hydrogens (tertiary/aromatic N) is 2. The number of carbonyl (C=O) groups excluding carboxylic acids is 2. The van der Waals surface area contributed by atoms with Crippen LogP contribution >= 0.6 is 0 Å². The summed E-state index contributed by atoms with van der Waals surface area (Å²) in [6, 6.07) is 4.56. The van der Waals surface area contributed by atoms with Crippen molar-refractivity contribution in [1.29, 1.82) is 0 Å². The van der Waals surface area contributed by atoms with Crippen LogP contribution in [0.4, 0.5) is 4.79 Å². The second-order valence-corrected chi connectivity index (χ2v) is 7.00. The van der Waals surface area contributed by atoms with Gasteiger partial charge in [-0.3, -0.25) is 9.69 Å².